The minimum absolute atomic E-state index is 0.249. The van der Waals surface area contributed by atoms with Crippen molar-refractivity contribution < 1.29 is 18.6 Å². The van der Waals surface area contributed by atoms with Crippen LogP contribution in [0.1, 0.15) is 19.4 Å². The van der Waals surface area contributed by atoms with Gasteiger partial charge in [0.1, 0.15) is 11.6 Å². The Morgan fingerprint density at radius 1 is 1.31 bits per heavy atom. The van der Waals surface area contributed by atoms with Crippen molar-refractivity contribution in [3.63, 3.8) is 0 Å². The molecule has 1 aromatic carbocycles. The molecule has 0 aliphatic carbocycles. The normalized spacial score (nSPS) is 19.3. The average Bonchev–Trinajstić information content (AvgIpc) is 2.04. The van der Waals surface area contributed by atoms with E-state index in [4.69, 9.17) is 4.74 Å². The van der Waals surface area contributed by atoms with Crippen LogP contribution < -0.4 is 0 Å². The van der Waals surface area contributed by atoms with Gasteiger partial charge in [-0.25, -0.2) is 8.78 Å². The van der Waals surface area contributed by atoms with Gasteiger partial charge in [-0.05, 0) is 19.9 Å². The largest absolute Gasteiger partial charge is 0.389 e. The molecular weight excluding hydrogens is 214 g/mol. The van der Waals surface area contributed by atoms with Gasteiger partial charge in [0, 0.05) is 11.6 Å². The van der Waals surface area contributed by atoms with Gasteiger partial charge in [-0.1, -0.05) is 6.07 Å². The van der Waals surface area contributed by atoms with Crippen LogP contribution in [0.3, 0.4) is 0 Å². The van der Waals surface area contributed by atoms with Crippen molar-refractivity contribution in [1.29, 1.82) is 0 Å². The van der Waals surface area contributed by atoms with Gasteiger partial charge >= 0.3 is 0 Å². The van der Waals surface area contributed by atoms with Crippen LogP contribution in [0.4, 0.5) is 8.78 Å². The van der Waals surface area contributed by atoms with E-state index in [-0.39, 0.29) is 13.2 Å². The third kappa shape index (κ3) is 1.53. The van der Waals surface area contributed by atoms with E-state index in [0.29, 0.717) is 5.56 Å². The zero-order chi connectivity index (χ0) is 12.0. The molecule has 0 unspecified atom stereocenters. The molecule has 4 heteroatoms. The number of rotatable bonds is 2. The molecule has 16 heavy (non-hydrogen) atoms. The second-order valence-corrected chi connectivity index (χ2v) is 4.76. The maximum atomic E-state index is 13.7. The van der Waals surface area contributed by atoms with Gasteiger partial charge in [-0.2, -0.15) is 0 Å². The van der Waals surface area contributed by atoms with Crippen molar-refractivity contribution in [1.82, 2.24) is 0 Å². The highest BCUT2D eigenvalue weighted by molar-refractivity contribution is 5.33. The quantitative estimate of drug-likeness (QED) is 0.839. The minimum atomic E-state index is -1.11. The van der Waals surface area contributed by atoms with Gasteiger partial charge in [-0.15, -0.1) is 0 Å². The molecule has 0 saturated carbocycles. The summed E-state index contributed by atoms with van der Waals surface area (Å²) in [5.41, 5.74) is -1.57. The van der Waals surface area contributed by atoms with Gasteiger partial charge in [0.25, 0.3) is 0 Å². The summed E-state index contributed by atoms with van der Waals surface area (Å²) < 4.78 is 31.6. The van der Waals surface area contributed by atoms with Gasteiger partial charge < -0.3 is 9.84 Å². The SMILES string of the molecule is CC(C)(O)C1(c2ccc(F)cc2F)COC1. The lowest BCUT2D eigenvalue weighted by molar-refractivity contribution is -0.158. The van der Waals surface area contributed by atoms with Crippen LogP contribution in [-0.2, 0) is 10.2 Å². The summed E-state index contributed by atoms with van der Waals surface area (Å²) in [6.07, 6.45) is 0. The fourth-order valence-corrected chi connectivity index (χ4v) is 2.02. The van der Waals surface area contributed by atoms with Crippen molar-refractivity contribution in [2.45, 2.75) is 24.9 Å². The van der Waals surface area contributed by atoms with Crippen LogP contribution in [0, 0.1) is 11.6 Å². The lowest BCUT2D eigenvalue weighted by Crippen LogP contribution is -2.61. The first-order valence-corrected chi connectivity index (χ1v) is 5.12. The smallest absolute Gasteiger partial charge is 0.130 e. The summed E-state index contributed by atoms with van der Waals surface area (Å²) in [5.74, 6) is -1.25. The topological polar surface area (TPSA) is 29.5 Å². The molecule has 88 valence electrons. The van der Waals surface area contributed by atoms with Crippen LogP contribution in [-0.4, -0.2) is 23.9 Å². The van der Waals surface area contributed by atoms with E-state index >= 15 is 0 Å². The maximum Gasteiger partial charge on any atom is 0.130 e. The first kappa shape index (κ1) is 11.5. The van der Waals surface area contributed by atoms with E-state index in [1.54, 1.807) is 13.8 Å². The van der Waals surface area contributed by atoms with Crippen molar-refractivity contribution in [2.24, 2.45) is 0 Å². The fraction of sp³-hybridized carbons (Fsp3) is 0.500. The average molecular weight is 228 g/mol. The molecule has 1 aromatic rings. The maximum absolute atomic E-state index is 13.7. The molecule has 0 atom stereocenters. The molecule has 1 heterocycles. The number of hydrogen-bond acceptors (Lipinski definition) is 2. The molecule has 0 amide bonds. The van der Waals surface area contributed by atoms with Gasteiger partial charge in [0.2, 0.25) is 0 Å². The molecule has 0 aromatic heterocycles. The molecular formula is C12H14F2O2. The summed E-state index contributed by atoms with van der Waals surface area (Å²) >= 11 is 0. The summed E-state index contributed by atoms with van der Waals surface area (Å²) in [7, 11) is 0. The van der Waals surface area contributed by atoms with Crippen molar-refractivity contribution in [2.75, 3.05) is 13.2 Å². The van der Waals surface area contributed by atoms with Crippen molar-refractivity contribution >= 4 is 0 Å². The highest BCUT2D eigenvalue weighted by Crippen LogP contribution is 2.42. The number of ether oxygens (including phenoxy) is 1. The number of benzene rings is 1. The van der Waals surface area contributed by atoms with E-state index < -0.39 is 22.7 Å². The van der Waals surface area contributed by atoms with E-state index in [2.05, 4.69) is 0 Å². The Morgan fingerprint density at radius 2 is 1.94 bits per heavy atom. The van der Waals surface area contributed by atoms with E-state index in [1.807, 2.05) is 0 Å². The molecule has 0 spiro atoms. The molecule has 2 nitrogen and oxygen atoms in total. The second-order valence-electron chi connectivity index (χ2n) is 4.76. The van der Waals surface area contributed by atoms with Gasteiger partial charge in [-0.3, -0.25) is 0 Å². The molecule has 1 aliphatic rings. The van der Waals surface area contributed by atoms with Crippen LogP contribution in [0.15, 0.2) is 18.2 Å². The van der Waals surface area contributed by atoms with Crippen LogP contribution >= 0.6 is 0 Å². The van der Waals surface area contributed by atoms with Crippen LogP contribution in [0.25, 0.3) is 0 Å². The summed E-state index contributed by atoms with van der Waals surface area (Å²) in [4.78, 5) is 0. The number of halogens is 2. The molecule has 2 rings (SSSR count). The summed E-state index contributed by atoms with van der Waals surface area (Å²) in [6, 6.07) is 3.41. The molecule has 1 aliphatic heterocycles. The van der Waals surface area contributed by atoms with Crippen molar-refractivity contribution in [3.8, 4) is 0 Å². The zero-order valence-corrected chi connectivity index (χ0v) is 9.26. The Morgan fingerprint density at radius 3 is 2.31 bits per heavy atom. The highest BCUT2D eigenvalue weighted by atomic mass is 19.1. The van der Waals surface area contributed by atoms with E-state index in [9.17, 15) is 13.9 Å². The number of aliphatic hydroxyl groups is 1. The third-order valence-corrected chi connectivity index (χ3v) is 3.31. The Bertz CT molecular complexity index is 406. The Kier molecular flexibility index (Phi) is 2.51. The first-order valence-electron chi connectivity index (χ1n) is 5.12. The Labute approximate surface area is 92.9 Å². The van der Waals surface area contributed by atoms with Crippen LogP contribution in [0.2, 0.25) is 0 Å². The predicted molar refractivity (Wildman–Crippen MR) is 55.2 cm³/mol. The molecule has 0 bridgehead atoms. The monoisotopic (exact) mass is 228 g/mol. The molecule has 1 saturated heterocycles. The van der Waals surface area contributed by atoms with Gasteiger partial charge in [0.05, 0.1) is 24.2 Å². The van der Waals surface area contributed by atoms with Crippen LogP contribution in [0.5, 0.6) is 0 Å². The fourth-order valence-electron chi connectivity index (χ4n) is 2.02. The lowest BCUT2D eigenvalue weighted by Gasteiger charge is -2.50. The highest BCUT2D eigenvalue weighted by Gasteiger charge is 2.52. The van der Waals surface area contributed by atoms with Gasteiger partial charge in [0.15, 0.2) is 0 Å². The second kappa shape index (κ2) is 3.50. The number of hydrogen-bond donors (Lipinski definition) is 1. The first-order chi connectivity index (χ1) is 7.37. The Hall–Kier alpha value is -1.00. The molecule has 1 N–H and O–H groups in total. The zero-order valence-electron chi connectivity index (χ0n) is 9.26. The minimum Gasteiger partial charge on any atom is -0.389 e. The Balaban J connectivity index is 2.49. The van der Waals surface area contributed by atoms with E-state index in [1.165, 1.54) is 12.1 Å². The standard InChI is InChI=1S/C12H14F2O2/c1-11(2,15)12(6-16-7-12)9-4-3-8(13)5-10(9)14/h3-5,15H,6-7H2,1-2H3. The van der Waals surface area contributed by atoms with E-state index in [0.717, 1.165) is 6.07 Å². The molecule has 1 fully saturated rings. The summed E-state index contributed by atoms with van der Waals surface area (Å²) in [6.45, 7) is 3.72. The predicted octanol–water partition coefficient (Wildman–Crippen LogP) is 2.00. The lowest BCUT2D eigenvalue weighted by atomic mass is 9.67. The third-order valence-electron chi connectivity index (χ3n) is 3.31. The van der Waals surface area contributed by atoms with Crippen molar-refractivity contribution in [3.05, 3.63) is 35.4 Å². The summed E-state index contributed by atoms with van der Waals surface area (Å²) in [5, 5.41) is 10.1. The molecule has 0 radical (unpaired) electrons.